The number of nitrogens with zero attached hydrogens (tertiary/aromatic N) is 2. The smallest absolute Gasteiger partial charge is 0.347 e. The van der Waals surface area contributed by atoms with Gasteiger partial charge in [-0.05, 0) is 19.1 Å². The van der Waals surface area contributed by atoms with Crippen LogP contribution in [0.5, 0.6) is 0 Å². The number of amides is 1. The average Bonchev–Trinajstić information content (AvgIpc) is 2.77. The van der Waals surface area contributed by atoms with E-state index < -0.39 is 5.97 Å². The summed E-state index contributed by atoms with van der Waals surface area (Å²) in [6, 6.07) is 2.99. The molecule has 2 rings (SSSR count). The van der Waals surface area contributed by atoms with Crippen molar-refractivity contribution in [2.45, 2.75) is 13.5 Å². The molecule has 2 aromatic heterocycles. The number of carbonyl (C=O) groups excluding carboxylic acids is 1. The second-order valence-corrected chi connectivity index (χ2v) is 5.35. The van der Waals surface area contributed by atoms with Crippen molar-refractivity contribution in [2.24, 2.45) is 0 Å². The van der Waals surface area contributed by atoms with E-state index in [9.17, 15) is 9.59 Å². The van der Waals surface area contributed by atoms with Crippen LogP contribution in [0.3, 0.4) is 0 Å². The third-order valence-corrected chi connectivity index (χ3v) is 3.78. The lowest BCUT2D eigenvalue weighted by atomic mass is 10.2. The largest absolute Gasteiger partial charge is 0.477 e. The monoisotopic (exact) mass is 311 g/mol. The van der Waals surface area contributed by atoms with E-state index in [2.05, 4.69) is 15.3 Å². The molecule has 0 spiro atoms. The van der Waals surface area contributed by atoms with Crippen LogP contribution in [0, 0.1) is 6.92 Å². The van der Waals surface area contributed by atoms with Gasteiger partial charge in [0, 0.05) is 11.8 Å². The van der Waals surface area contributed by atoms with Gasteiger partial charge in [0.05, 0.1) is 12.2 Å². The van der Waals surface area contributed by atoms with E-state index in [0.29, 0.717) is 16.3 Å². The van der Waals surface area contributed by atoms with Crippen molar-refractivity contribution in [2.75, 3.05) is 0 Å². The molecule has 0 radical (unpaired) electrons. The standard InChI is InChI=1S/C12H10ClN3O3S/c1-6-10(12(18)19)20-9(16-6)5-15-11(17)7-2-3-14-8(13)4-7/h2-4H,5H2,1H3,(H,15,17)(H,18,19). The minimum atomic E-state index is -1.02. The summed E-state index contributed by atoms with van der Waals surface area (Å²) in [7, 11) is 0. The normalized spacial score (nSPS) is 10.3. The fraction of sp³-hybridized carbons (Fsp3) is 0.167. The van der Waals surface area contributed by atoms with Crippen molar-refractivity contribution in [1.82, 2.24) is 15.3 Å². The summed E-state index contributed by atoms with van der Waals surface area (Å²) < 4.78 is 0. The number of hydrogen-bond acceptors (Lipinski definition) is 5. The van der Waals surface area contributed by atoms with Gasteiger partial charge in [-0.2, -0.15) is 0 Å². The Kier molecular flexibility index (Phi) is 4.31. The van der Waals surface area contributed by atoms with Crippen LogP contribution in [0.2, 0.25) is 5.15 Å². The van der Waals surface area contributed by atoms with Gasteiger partial charge in [0.1, 0.15) is 15.0 Å². The summed E-state index contributed by atoms with van der Waals surface area (Å²) in [5.74, 6) is -1.34. The summed E-state index contributed by atoms with van der Waals surface area (Å²) in [5.41, 5.74) is 0.829. The van der Waals surface area contributed by atoms with E-state index in [4.69, 9.17) is 16.7 Å². The number of aromatic carboxylic acids is 1. The number of carboxylic acid groups (broad SMARTS) is 1. The Hall–Kier alpha value is -1.99. The molecule has 104 valence electrons. The number of carboxylic acids is 1. The number of halogens is 1. The third-order valence-electron chi connectivity index (χ3n) is 2.42. The zero-order chi connectivity index (χ0) is 14.7. The highest BCUT2D eigenvalue weighted by molar-refractivity contribution is 7.13. The first-order chi connectivity index (χ1) is 9.47. The van der Waals surface area contributed by atoms with Crippen LogP contribution < -0.4 is 5.32 Å². The number of pyridine rings is 1. The number of hydrogen-bond donors (Lipinski definition) is 2. The van der Waals surface area contributed by atoms with Crippen LogP contribution in [-0.4, -0.2) is 27.0 Å². The molecular formula is C12H10ClN3O3S. The summed E-state index contributed by atoms with van der Waals surface area (Å²) in [6.45, 7) is 1.78. The zero-order valence-corrected chi connectivity index (χ0v) is 12.0. The number of nitrogens with one attached hydrogen (secondary N) is 1. The molecule has 0 aliphatic rings. The van der Waals surface area contributed by atoms with Crippen LogP contribution in [0.4, 0.5) is 0 Å². The molecule has 6 nitrogen and oxygen atoms in total. The lowest BCUT2D eigenvalue weighted by Crippen LogP contribution is -2.22. The molecule has 8 heteroatoms. The highest BCUT2D eigenvalue weighted by atomic mass is 35.5. The van der Waals surface area contributed by atoms with Crippen LogP contribution >= 0.6 is 22.9 Å². The van der Waals surface area contributed by atoms with Crippen molar-refractivity contribution in [3.63, 3.8) is 0 Å². The fourth-order valence-corrected chi connectivity index (χ4v) is 2.55. The van der Waals surface area contributed by atoms with Gasteiger partial charge in [0.2, 0.25) is 0 Å². The molecule has 0 aliphatic heterocycles. The minimum Gasteiger partial charge on any atom is -0.477 e. The van der Waals surface area contributed by atoms with Gasteiger partial charge in [0.25, 0.3) is 5.91 Å². The molecule has 0 saturated carbocycles. The molecule has 0 atom stereocenters. The zero-order valence-electron chi connectivity index (χ0n) is 10.4. The quantitative estimate of drug-likeness (QED) is 0.844. The molecule has 0 aromatic carbocycles. The molecule has 0 bridgehead atoms. The van der Waals surface area contributed by atoms with Gasteiger partial charge in [0.15, 0.2) is 0 Å². The molecule has 0 fully saturated rings. The summed E-state index contributed by atoms with van der Waals surface area (Å²) >= 11 is 6.74. The Labute approximate surface area is 123 Å². The molecular weight excluding hydrogens is 302 g/mol. The molecule has 20 heavy (non-hydrogen) atoms. The SMILES string of the molecule is Cc1nc(CNC(=O)c2ccnc(Cl)c2)sc1C(=O)O. The Morgan fingerprint density at radius 2 is 2.25 bits per heavy atom. The predicted octanol–water partition coefficient (Wildman–Crippen LogP) is 2.13. The number of aromatic nitrogens is 2. The molecule has 2 heterocycles. The number of carbonyl (C=O) groups is 2. The van der Waals surface area contributed by atoms with Gasteiger partial charge in [-0.3, -0.25) is 4.79 Å². The second-order valence-electron chi connectivity index (χ2n) is 3.88. The maximum atomic E-state index is 11.9. The Balaban J connectivity index is 2.04. The van der Waals surface area contributed by atoms with Gasteiger partial charge in [-0.1, -0.05) is 11.6 Å². The first-order valence-corrected chi connectivity index (χ1v) is 6.76. The number of aryl methyl sites for hydroxylation is 1. The molecule has 1 amide bonds. The van der Waals surface area contributed by atoms with Gasteiger partial charge in [-0.15, -0.1) is 11.3 Å². The molecule has 0 unspecified atom stereocenters. The molecule has 0 aliphatic carbocycles. The third kappa shape index (κ3) is 3.31. The van der Waals surface area contributed by atoms with Crippen LogP contribution in [0.15, 0.2) is 18.3 Å². The van der Waals surface area contributed by atoms with Gasteiger partial charge >= 0.3 is 5.97 Å². The van der Waals surface area contributed by atoms with E-state index in [-0.39, 0.29) is 22.5 Å². The van der Waals surface area contributed by atoms with E-state index in [1.807, 2.05) is 0 Å². The minimum absolute atomic E-state index is 0.164. The number of rotatable bonds is 4. The van der Waals surface area contributed by atoms with Crippen LogP contribution in [-0.2, 0) is 6.54 Å². The lowest BCUT2D eigenvalue weighted by Gasteiger charge is -2.02. The topological polar surface area (TPSA) is 92.2 Å². The molecule has 0 saturated heterocycles. The maximum Gasteiger partial charge on any atom is 0.347 e. The Bertz CT molecular complexity index is 672. The fourth-order valence-electron chi connectivity index (χ4n) is 1.53. The lowest BCUT2D eigenvalue weighted by molar-refractivity contribution is 0.0701. The van der Waals surface area contributed by atoms with Crippen molar-refractivity contribution >= 4 is 34.8 Å². The summed E-state index contributed by atoms with van der Waals surface area (Å²) in [4.78, 5) is 30.8. The maximum absolute atomic E-state index is 11.9. The van der Waals surface area contributed by atoms with E-state index >= 15 is 0 Å². The number of thiazole rings is 1. The summed E-state index contributed by atoms with van der Waals surface area (Å²) in [6.07, 6.45) is 1.44. The Morgan fingerprint density at radius 3 is 2.85 bits per heavy atom. The highest BCUT2D eigenvalue weighted by Crippen LogP contribution is 2.18. The van der Waals surface area contributed by atoms with Gasteiger partial charge in [-0.25, -0.2) is 14.8 Å². The van der Waals surface area contributed by atoms with E-state index in [1.54, 1.807) is 6.92 Å². The Morgan fingerprint density at radius 1 is 1.50 bits per heavy atom. The van der Waals surface area contributed by atoms with Crippen molar-refractivity contribution in [1.29, 1.82) is 0 Å². The molecule has 2 N–H and O–H groups in total. The first kappa shape index (κ1) is 14.4. The highest BCUT2D eigenvalue weighted by Gasteiger charge is 2.14. The van der Waals surface area contributed by atoms with E-state index in [0.717, 1.165) is 11.3 Å². The summed E-state index contributed by atoms with van der Waals surface area (Å²) in [5, 5.41) is 12.3. The van der Waals surface area contributed by atoms with Crippen LogP contribution in [0.1, 0.15) is 30.7 Å². The average molecular weight is 312 g/mol. The first-order valence-electron chi connectivity index (χ1n) is 5.56. The van der Waals surface area contributed by atoms with Crippen LogP contribution in [0.25, 0.3) is 0 Å². The van der Waals surface area contributed by atoms with E-state index in [1.165, 1.54) is 18.3 Å². The van der Waals surface area contributed by atoms with Crippen molar-refractivity contribution in [3.05, 3.63) is 44.6 Å². The van der Waals surface area contributed by atoms with Gasteiger partial charge < -0.3 is 10.4 Å². The van der Waals surface area contributed by atoms with Crippen molar-refractivity contribution in [3.8, 4) is 0 Å². The van der Waals surface area contributed by atoms with Crippen molar-refractivity contribution < 1.29 is 14.7 Å². The molecule has 2 aromatic rings. The predicted molar refractivity (Wildman–Crippen MR) is 74.2 cm³/mol. The second kappa shape index (κ2) is 5.98.